The van der Waals surface area contributed by atoms with Crippen LogP contribution in [0.4, 0.5) is 5.69 Å². The summed E-state index contributed by atoms with van der Waals surface area (Å²) in [5.74, 6) is -0.395. The number of ketones is 1. The molecule has 0 spiro atoms. The van der Waals surface area contributed by atoms with E-state index in [0.29, 0.717) is 42.8 Å². The second-order valence-corrected chi connectivity index (χ2v) is 10.9. The molecule has 2 aliphatic heterocycles. The smallest absolute Gasteiger partial charge is 0.275 e. The lowest BCUT2D eigenvalue weighted by molar-refractivity contribution is 0.0660. The first-order valence-corrected chi connectivity index (χ1v) is 14.0. The van der Waals surface area contributed by atoms with Crippen molar-refractivity contribution in [2.45, 2.75) is 64.5 Å². The lowest BCUT2D eigenvalue weighted by Crippen LogP contribution is -2.33. The van der Waals surface area contributed by atoms with Crippen molar-refractivity contribution in [2.75, 3.05) is 31.6 Å². The molecule has 0 unspecified atom stereocenters. The Morgan fingerprint density at radius 3 is 2.70 bits per heavy atom. The number of rotatable bonds is 2. The third-order valence-electron chi connectivity index (χ3n) is 7.07. The zero-order chi connectivity index (χ0) is 25.8. The van der Waals surface area contributed by atoms with Gasteiger partial charge < -0.3 is 15.0 Å². The molecule has 37 heavy (non-hydrogen) atoms. The van der Waals surface area contributed by atoms with Gasteiger partial charge in [-0.2, -0.15) is 5.10 Å². The van der Waals surface area contributed by atoms with Crippen LogP contribution >= 0.6 is 11.3 Å². The van der Waals surface area contributed by atoms with Crippen LogP contribution in [0.25, 0.3) is 10.6 Å². The molecule has 196 valence electrons. The predicted molar refractivity (Wildman–Crippen MR) is 143 cm³/mol. The van der Waals surface area contributed by atoms with Gasteiger partial charge in [-0.3, -0.25) is 19.3 Å². The molecule has 1 amide bonds. The number of hydrogen-bond acceptors (Lipinski definition) is 8. The van der Waals surface area contributed by atoms with Crippen LogP contribution in [0.15, 0.2) is 29.9 Å². The van der Waals surface area contributed by atoms with Crippen molar-refractivity contribution in [1.29, 1.82) is 0 Å². The Hall–Kier alpha value is -2.95. The topological polar surface area (TPSA) is 102 Å². The Morgan fingerprint density at radius 1 is 1.14 bits per heavy atom. The number of aryl methyl sites for hydroxylation is 1. The SMILES string of the molecule is CC(C)N1CCCC(=O)c2nn(C3CCOCC3)cc2NC(=O)c2csc(n2)-c2ccnc(c2)CCC1. The number of pyridine rings is 1. The van der Waals surface area contributed by atoms with Gasteiger partial charge in [0, 0.05) is 54.7 Å². The second-order valence-electron chi connectivity index (χ2n) is 10.0. The van der Waals surface area contributed by atoms with Gasteiger partial charge in [0.05, 0.1) is 11.7 Å². The van der Waals surface area contributed by atoms with E-state index in [-0.39, 0.29) is 17.7 Å². The van der Waals surface area contributed by atoms with E-state index >= 15 is 0 Å². The molecule has 0 aromatic carbocycles. The van der Waals surface area contributed by atoms with Crippen LogP contribution in [0.2, 0.25) is 0 Å². The zero-order valence-corrected chi connectivity index (χ0v) is 22.3. The lowest BCUT2D eigenvalue weighted by atomic mass is 10.1. The highest BCUT2D eigenvalue weighted by Crippen LogP contribution is 2.28. The molecule has 0 aliphatic carbocycles. The van der Waals surface area contributed by atoms with Crippen molar-refractivity contribution in [3.05, 3.63) is 47.0 Å². The minimum atomic E-state index is -0.343. The van der Waals surface area contributed by atoms with Gasteiger partial charge >= 0.3 is 0 Å². The van der Waals surface area contributed by atoms with E-state index < -0.39 is 0 Å². The quantitative estimate of drug-likeness (QED) is 0.524. The van der Waals surface area contributed by atoms with Crippen molar-refractivity contribution in [2.24, 2.45) is 0 Å². The van der Waals surface area contributed by atoms with Gasteiger partial charge in [0.2, 0.25) is 0 Å². The van der Waals surface area contributed by atoms with Crippen LogP contribution in [0, 0.1) is 0 Å². The van der Waals surface area contributed by atoms with Crippen molar-refractivity contribution in [1.82, 2.24) is 24.6 Å². The molecule has 10 heteroatoms. The molecule has 0 radical (unpaired) electrons. The highest BCUT2D eigenvalue weighted by Gasteiger charge is 2.25. The van der Waals surface area contributed by atoms with Crippen LogP contribution in [0.1, 0.15) is 78.7 Å². The van der Waals surface area contributed by atoms with E-state index in [4.69, 9.17) is 4.74 Å². The molecule has 3 aromatic rings. The molecule has 5 heterocycles. The van der Waals surface area contributed by atoms with E-state index in [9.17, 15) is 9.59 Å². The summed E-state index contributed by atoms with van der Waals surface area (Å²) in [6.07, 6.45) is 8.22. The average Bonchev–Trinajstić information content (AvgIpc) is 3.56. The molecule has 0 saturated carbocycles. The van der Waals surface area contributed by atoms with Gasteiger partial charge in [-0.1, -0.05) is 0 Å². The third-order valence-corrected chi connectivity index (χ3v) is 7.96. The second kappa shape index (κ2) is 11.6. The maximum absolute atomic E-state index is 13.3. The van der Waals surface area contributed by atoms with Gasteiger partial charge in [0.15, 0.2) is 11.5 Å². The molecule has 9 nitrogen and oxygen atoms in total. The summed E-state index contributed by atoms with van der Waals surface area (Å²) in [5, 5.41) is 10.1. The number of amides is 1. The maximum Gasteiger partial charge on any atom is 0.275 e. The lowest BCUT2D eigenvalue weighted by Gasteiger charge is -2.26. The Bertz CT molecular complexity index is 1250. The Kier molecular flexibility index (Phi) is 8.07. The molecular formula is C27H34N6O3S. The summed E-state index contributed by atoms with van der Waals surface area (Å²) in [5.41, 5.74) is 3.07. The van der Waals surface area contributed by atoms with Crippen LogP contribution in [-0.2, 0) is 11.2 Å². The first-order chi connectivity index (χ1) is 18.0. The molecule has 4 bridgehead atoms. The van der Waals surface area contributed by atoms with Crippen molar-refractivity contribution in [3.8, 4) is 10.6 Å². The summed E-state index contributed by atoms with van der Waals surface area (Å²) >= 11 is 1.43. The van der Waals surface area contributed by atoms with E-state index in [2.05, 4.69) is 45.2 Å². The normalized spacial score (nSPS) is 18.8. The Morgan fingerprint density at radius 2 is 1.92 bits per heavy atom. The van der Waals surface area contributed by atoms with E-state index in [1.807, 2.05) is 16.9 Å². The summed E-state index contributed by atoms with van der Waals surface area (Å²) in [4.78, 5) is 38.0. The van der Waals surface area contributed by atoms with Crippen LogP contribution in [0.5, 0.6) is 0 Å². The number of carbonyl (C=O) groups is 2. The van der Waals surface area contributed by atoms with Gasteiger partial charge in [0.1, 0.15) is 10.7 Å². The number of nitrogens with zero attached hydrogens (tertiary/aromatic N) is 5. The van der Waals surface area contributed by atoms with Gasteiger partial charge in [-0.05, 0) is 71.2 Å². The number of aromatic nitrogens is 4. The standard InChI is InChI=1S/C27H34N6O3S/c1-18(2)32-11-3-5-20-15-19(7-10-28-20)27-30-23(17-37-27)26(35)29-22-16-33(21-8-13-36-14-9-21)31-25(22)24(34)6-4-12-32/h7,10,15-18,21H,3-6,8-9,11-14H2,1-2H3,(H,29,35). The van der Waals surface area contributed by atoms with E-state index in [0.717, 1.165) is 61.5 Å². The summed E-state index contributed by atoms with van der Waals surface area (Å²) in [7, 11) is 0. The van der Waals surface area contributed by atoms with Gasteiger partial charge in [-0.15, -0.1) is 11.3 Å². The van der Waals surface area contributed by atoms with Crippen molar-refractivity contribution >= 4 is 28.7 Å². The number of carbonyl (C=O) groups excluding carboxylic acids is 2. The molecule has 1 N–H and O–H groups in total. The van der Waals surface area contributed by atoms with Crippen molar-refractivity contribution in [3.63, 3.8) is 0 Å². The number of anilines is 1. The number of hydrogen-bond donors (Lipinski definition) is 1. The summed E-state index contributed by atoms with van der Waals surface area (Å²) in [6, 6.07) is 4.53. The fraction of sp³-hybridized carbons (Fsp3) is 0.519. The predicted octanol–water partition coefficient (Wildman–Crippen LogP) is 4.62. The first kappa shape index (κ1) is 25.7. The zero-order valence-electron chi connectivity index (χ0n) is 21.5. The number of Topliss-reactive ketones (excluding diaryl/α,β-unsaturated/α-hetero) is 1. The molecule has 1 saturated heterocycles. The number of thiazole rings is 1. The fourth-order valence-electron chi connectivity index (χ4n) is 4.92. The van der Waals surface area contributed by atoms with Crippen LogP contribution in [0.3, 0.4) is 0 Å². The molecular weight excluding hydrogens is 488 g/mol. The molecule has 2 aliphatic rings. The van der Waals surface area contributed by atoms with E-state index in [1.165, 1.54) is 11.3 Å². The highest BCUT2D eigenvalue weighted by molar-refractivity contribution is 7.13. The summed E-state index contributed by atoms with van der Waals surface area (Å²) < 4.78 is 7.32. The number of ether oxygens (including phenoxy) is 1. The Labute approximate surface area is 221 Å². The minimum Gasteiger partial charge on any atom is -0.381 e. The third kappa shape index (κ3) is 6.14. The molecule has 3 aromatic heterocycles. The number of fused-ring (bicyclic) bond motifs is 6. The molecule has 1 fully saturated rings. The molecule has 5 rings (SSSR count). The maximum atomic E-state index is 13.3. The average molecular weight is 523 g/mol. The largest absolute Gasteiger partial charge is 0.381 e. The van der Waals surface area contributed by atoms with E-state index in [1.54, 1.807) is 11.6 Å². The number of nitrogens with one attached hydrogen (secondary N) is 1. The van der Waals surface area contributed by atoms with Gasteiger partial charge in [-0.25, -0.2) is 4.98 Å². The molecule has 0 atom stereocenters. The highest BCUT2D eigenvalue weighted by atomic mass is 32.1. The summed E-state index contributed by atoms with van der Waals surface area (Å²) in [6.45, 7) is 7.49. The fourth-order valence-corrected chi connectivity index (χ4v) is 5.72. The minimum absolute atomic E-state index is 0.0518. The van der Waals surface area contributed by atoms with Gasteiger partial charge in [0.25, 0.3) is 5.91 Å². The monoisotopic (exact) mass is 522 g/mol. The Balaban J connectivity index is 1.46. The first-order valence-electron chi connectivity index (χ1n) is 13.1. The van der Waals surface area contributed by atoms with Crippen LogP contribution < -0.4 is 5.32 Å². The van der Waals surface area contributed by atoms with Crippen molar-refractivity contribution < 1.29 is 14.3 Å². The van der Waals surface area contributed by atoms with Crippen LogP contribution in [-0.4, -0.2) is 68.7 Å².